The second kappa shape index (κ2) is 4.86. The Labute approximate surface area is 77.7 Å². The number of nitrogens with two attached hydrogens (primary N) is 1. The fourth-order valence-electron chi connectivity index (χ4n) is 2.22. The second-order valence-corrected chi connectivity index (χ2v) is 5.21. The predicted molar refractivity (Wildman–Crippen MR) is 56.1 cm³/mol. The molecule has 0 radical (unpaired) electrons. The summed E-state index contributed by atoms with van der Waals surface area (Å²) in [6, 6.07) is 0. The molecule has 0 aromatic rings. The van der Waals surface area contributed by atoms with Gasteiger partial charge in [0.05, 0.1) is 0 Å². The van der Waals surface area contributed by atoms with Crippen LogP contribution in [0.1, 0.15) is 47.5 Å². The first-order valence-electron chi connectivity index (χ1n) is 5.09. The quantitative estimate of drug-likeness (QED) is 0.676. The molecular formula is C11H25N. The summed E-state index contributed by atoms with van der Waals surface area (Å²) in [5, 5.41) is 0. The summed E-state index contributed by atoms with van der Waals surface area (Å²) < 4.78 is 0. The normalized spacial score (nSPS) is 13.0. The van der Waals surface area contributed by atoms with Gasteiger partial charge < -0.3 is 5.73 Å². The van der Waals surface area contributed by atoms with Gasteiger partial charge in [0.25, 0.3) is 0 Å². The van der Waals surface area contributed by atoms with Crippen LogP contribution in [0, 0.1) is 17.3 Å². The summed E-state index contributed by atoms with van der Waals surface area (Å²) in [5.74, 6) is 1.52. The van der Waals surface area contributed by atoms with Crippen LogP contribution in [-0.2, 0) is 0 Å². The molecule has 0 heterocycles. The lowest BCUT2D eigenvalue weighted by Gasteiger charge is -2.31. The van der Waals surface area contributed by atoms with Crippen LogP contribution in [0.4, 0.5) is 0 Å². The SMILES string of the molecule is CC(C)CC(C)(CN)CC(C)C. The van der Waals surface area contributed by atoms with Crippen LogP contribution in [0.15, 0.2) is 0 Å². The van der Waals surface area contributed by atoms with Gasteiger partial charge in [-0.15, -0.1) is 0 Å². The maximum Gasteiger partial charge on any atom is -0.00230 e. The van der Waals surface area contributed by atoms with Crippen LogP contribution in [0.5, 0.6) is 0 Å². The highest BCUT2D eigenvalue weighted by molar-refractivity contribution is 4.77. The lowest BCUT2D eigenvalue weighted by Crippen LogP contribution is -2.30. The molecule has 0 aliphatic carbocycles. The maximum atomic E-state index is 5.80. The van der Waals surface area contributed by atoms with Crippen molar-refractivity contribution in [2.45, 2.75) is 47.5 Å². The van der Waals surface area contributed by atoms with E-state index in [4.69, 9.17) is 5.73 Å². The lowest BCUT2D eigenvalue weighted by molar-refractivity contribution is 0.216. The summed E-state index contributed by atoms with van der Waals surface area (Å²) >= 11 is 0. The molecule has 0 saturated carbocycles. The monoisotopic (exact) mass is 171 g/mol. The van der Waals surface area contributed by atoms with E-state index in [9.17, 15) is 0 Å². The van der Waals surface area contributed by atoms with Gasteiger partial charge >= 0.3 is 0 Å². The van der Waals surface area contributed by atoms with Gasteiger partial charge in [0, 0.05) is 0 Å². The predicted octanol–water partition coefficient (Wildman–Crippen LogP) is 3.04. The first-order chi connectivity index (χ1) is 5.39. The molecule has 0 spiro atoms. The number of hydrogen-bond donors (Lipinski definition) is 1. The minimum absolute atomic E-state index is 0.363. The Morgan fingerprint density at radius 1 is 1.00 bits per heavy atom. The fraction of sp³-hybridized carbons (Fsp3) is 1.00. The lowest BCUT2D eigenvalue weighted by atomic mass is 9.76. The van der Waals surface area contributed by atoms with E-state index >= 15 is 0 Å². The van der Waals surface area contributed by atoms with Crippen LogP contribution in [0.25, 0.3) is 0 Å². The van der Waals surface area contributed by atoms with E-state index in [-0.39, 0.29) is 0 Å². The van der Waals surface area contributed by atoms with Crippen molar-refractivity contribution in [2.24, 2.45) is 23.0 Å². The minimum atomic E-state index is 0.363. The van der Waals surface area contributed by atoms with Crippen molar-refractivity contribution < 1.29 is 0 Å². The molecule has 0 atom stereocenters. The standard InChI is InChI=1S/C11H25N/c1-9(2)6-11(5,8-12)7-10(3)4/h9-10H,6-8,12H2,1-5H3. The van der Waals surface area contributed by atoms with Gasteiger partial charge in [-0.25, -0.2) is 0 Å². The molecule has 12 heavy (non-hydrogen) atoms. The molecule has 0 aliphatic heterocycles. The summed E-state index contributed by atoms with van der Waals surface area (Å²) in [7, 11) is 0. The van der Waals surface area contributed by atoms with E-state index < -0.39 is 0 Å². The van der Waals surface area contributed by atoms with Gasteiger partial charge in [0.15, 0.2) is 0 Å². The molecular weight excluding hydrogens is 146 g/mol. The molecule has 1 nitrogen and oxygen atoms in total. The number of hydrogen-bond acceptors (Lipinski definition) is 1. The highest BCUT2D eigenvalue weighted by Crippen LogP contribution is 2.31. The van der Waals surface area contributed by atoms with E-state index in [0.717, 1.165) is 18.4 Å². The van der Waals surface area contributed by atoms with Crippen molar-refractivity contribution in [1.82, 2.24) is 0 Å². The highest BCUT2D eigenvalue weighted by atomic mass is 14.6. The highest BCUT2D eigenvalue weighted by Gasteiger charge is 2.24. The average Bonchev–Trinajstić information content (AvgIpc) is 1.83. The van der Waals surface area contributed by atoms with E-state index in [1.807, 2.05) is 0 Å². The first kappa shape index (κ1) is 12.0. The zero-order chi connectivity index (χ0) is 9.78. The molecule has 0 unspecified atom stereocenters. The molecule has 0 aromatic carbocycles. The molecule has 0 bridgehead atoms. The van der Waals surface area contributed by atoms with Crippen molar-refractivity contribution >= 4 is 0 Å². The average molecular weight is 171 g/mol. The molecule has 2 N–H and O–H groups in total. The minimum Gasteiger partial charge on any atom is -0.330 e. The Bertz CT molecular complexity index is 106. The topological polar surface area (TPSA) is 26.0 Å². The molecule has 74 valence electrons. The smallest absolute Gasteiger partial charge is 0.00230 e. The molecule has 0 amide bonds. The van der Waals surface area contributed by atoms with Crippen LogP contribution < -0.4 is 5.73 Å². The van der Waals surface area contributed by atoms with Crippen LogP contribution in [0.3, 0.4) is 0 Å². The third-order valence-electron chi connectivity index (χ3n) is 2.29. The van der Waals surface area contributed by atoms with Crippen molar-refractivity contribution in [3.05, 3.63) is 0 Å². The van der Waals surface area contributed by atoms with Crippen molar-refractivity contribution in [3.8, 4) is 0 Å². The Hall–Kier alpha value is -0.0400. The second-order valence-electron chi connectivity index (χ2n) is 5.21. The van der Waals surface area contributed by atoms with Crippen molar-refractivity contribution in [2.75, 3.05) is 6.54 Å². The Morgan fingerprint density at radius 2 is 1.33 bits per heavy atom. The largest absolute Gasteiger partial charge is 0.330 e. The van der Waals surface area contributed by atoms with E-state index in [2.05, 4.69) is 34.6 Å². The van der Waals surface area contributed by atoms with Gasteiger partial charge in [-0.3, -0.25) is 0 Å². The maximum absolute atomic E-state index is 5.80. The third kappa shape index (κ3) is 4.76. The fourth-order valence-corrected chi connectivity index (χ4v) is 2.22. The van der Waals surface area contributed by atoms with Crippen LogP contribution >= 0.6 is 0 Å². The van der Waals surface area contributed by atoms with Gasteiger partial charge in [0.1, 0.15) is 0 Å². The molecule has 0 aliphatic rings. The van der Waals surface area contributed by atoms with Crippen molar-refractivity contribution in [3.63, 3.8) is 0 Å². The zero-order valence-corrected chi connectivity index (χ0v) is 9.35. The van der Waals surface area contributed by atoms with Crippen LogP contribution in [0.2, 0.25) is 0 Å². The summed E-state index contributed by atoms with van der Waals surface area (Å²) in [6.07, 6.45) is 2.50. The first-order valence-corrected chi connectivity index (χ1v) is 5.09. The van der Waals surface area contributed by atoms with Gasteiger partial charge in [0.2, 0.25) is 0 Å². The van der Waals surface area contributed by atoms with E-state index in [0.29, 0.717) is 5.41 Å². The molecule has 0 rings (SSSR count). The number of rotatable bonds is 5. The van der Waals surface area contributed by atoms with Gasteiger partial charge in [-0.1, -0.05) is 34.6 Å². The zero-order valence-electron chi connectivity index (χ0n) is 9.35. The van der Waals surface area contributed by atoms with Gasteiger partial charge in [-0.2, -0.15) is 0 Å². The Morgan fingerprint density at radius 3 is 1.50 bits per heavy atom. The van der Waals surface area contributed by atoms with Gasteiger partial charge in [-0.05, 0) is 36.6 Å². The Kier molecular flexibility index (Phi) is 4.84. The van der Waals surface area contributed by atoms with E-state index in [1.165, 1.54) is 12.8 Å². The van der Waals surface area contributed by atoms with Crippen LogP contribution in [-0.4, -0.2) is 6.54 Å². The molecule has 0 fully saturated rings. The molecule has 1 heteroatoms. The third-order valence-corrected chi connectivity index (χ3v) is 2.29. The van der Waals surface area contributed by atoms with E-state index in [1.54, 1.807) is 0 Å². The molecule has 0 aromatic heterocycles. The summed E-state index contributed by atoms with van der Waals surface area (Å²) in [5.41, 5.74) is 6.17. The Balaban J connectivity index is 4.04. The summed E-state index contributed by atoms with van der Waals surface area (Å²) in [4.78, 5) is 0. The van der Waals surface area contributed by atoms with Crippen molar-refractivity contribution in [1.29, 1.82) is 0 Å². The summed E-state index contributed by atoms with van der Waals surface area (Å²) in [6.45, 7) is 12.2. The molecule has 0 saturated heterocycles.